The molecule has 0 bridgehead atoms. The van der Waals surface area contributed by atoms with Gasteiger partial charge in [-0.2, -0.15) is 5.10 Å². The Morgan fingerprint density at radius 3 is 3.06 bits per heavy atom. The lowest BCUT2D eigenvalue weighted by Gasteiger charge is -1.97. The minimum Gasteiger partial charge on any atom is -0.350 e. The van der Waals surface area contributed by atoms with Crippen LogP contribution < -0.4 is 10.7 Å². The molecule has 0 spiro atoms. The molecule has 2 rings (SSSR count). The van der Waals surface area contributed by atoms with Crippen molar-refractivity contribution >= 4 is 40.0 Å². The number of carbonyl (C=O) groups excluding carboxylic acids is 2. The van der Waals surface area contributed by atoms with E-state index in [1.807, 2.05) is 29.6 Å². The molecule has 5 nitrogen and oxygen atoms in total. The lowest BCUT2D eigenvalue weighted by molar-refractivity contribution is -0.122. The summed E-state index contributed by atoms with van der Waals surface area (Å²) in [5.41, 5.74) is 3.29. The summed E-state index contributed by atoms with van der Waals surface area (Å²) in [6.45, 7) is -0.0782. The van der Waals surface area contributed by atoms with Crippen LogP contribution in [0.4, 0.5) is 0 Å². The summed E-state index contributed by atoms with van der Waals surface area (Å²) >= 11 is 1.62. The van der Waals surface area contributed by atoms with E-state index < -0.39 is 0 Å². The first kappa shape index (κ1) is 12.3. The Morgan fingerprint density at radius 2 is 2.22 bits per heavy atom. The summed E-state index contributed by atoms with van der Waals surface area (Å²) in [5.74, 6) is -0.363. The van der Waals surface area contributed by atoms with Gasteiger partial charge in [-0.15, -0.1) is 11.3 Å². The van der Waals surface area contributed by atoms with E-state index in [4.69, 9.17) is 0 Å². The molecule has 92 valence electrons. The molecule has 1 aromatic heterocycles. The number of fused-ring (bicyclic) bond motifs is 1. The minimum absolute atomic E-state index is 0.0782. The summed E-state index contributed by atoms with van der Waals surface area (Å²) in [6, 6.07) is 7.97. The van der Waals surface area contributed by atoms with Crippen molar-refractivity contribution in [3.05, 3.63) is 35.2 Å². The summed E-state index contributed by atoms with van der Waals surface area (Å²) < 4.78 is 1.17. The van der Waals surface area contributed by atoms with Crippen LogP contribution >= 0.6 is 11.3 Å². The number of carbonyl (C=O) groups is 2. The van der Waals surface area contributed by atoms with Crippen LogP contribution in [0, 0.1) is 0 Å². The Morgan fingerprint density at radius 1 is 1.39 bits per heavy atom. The Balaban J connectivity index is 2.01. The Kier molecular flexibility index (Phi) is 4.03. The maximum absolute atomic E-state index is 11.2. The average molecular weight is 261 g/mol. The average Bonchev–Trinajstić information content (AvgIpc) is 2.80. The number of rotatable bonds is 5. The maximum atomic E-state index is 11.2. The Labute approximate surface area is 108 Å². The summed E-state index contributed by atoms with van der Waals surface area (Å²) in [4.78, 5) is 21.1. The predicted molar refractivity (Wildman–Crippen MR) is 71.6 cm³/mol. The van der Waals surface area contributed by atoms with E-state index in [2.05, 4.69) is 15.8 Å². The van der Waals surface area contributed by atoms with E-state index >= 15 is 0 Å². The molecule has 0 saturated heterocycles. The van der Waals surface area contributed by atoms with Gasteiger partial charge in [-0.25, -0.2) is 5.43 Å². The highest BCUT2D eigenvalue weighted by atomic mass is 32.1. The molecular formula is C12H11N3O2S. The van der Waals surface area contributed by atoms with Crippen LogP contribution in [0.3, 0.4) is 0 Å². The van der Waals surface area contributed by atoms with E-state index in [-0.39, 0.29) is 12.5 Å². The SMILES string of the molecule is O=CNCC(=O)N/N=C/c1csc2ccccc12. The Bertz CT molecular complexity index is 592. The molecule has 0 aliphatic rings. The first-order valence-electron chi connectivity index (χ1n) is 5.26. The largest absolute Gasteiger partial charge is 0.350 e. The summed E-state index contributed by atoms with van der Waals surface area (Å²) in [5, 5.41) is 9.18. The molecule has 2 aromatic rings. The first-order chi connectivity index (χ1) is 8.81. The third-order valence-electron chi connectivity index (χ3n) is 2.25. The number of hydrazone groups is 1. The molecule has 2 amide bonds. The van der Waals surface area contributed by atoms with Crippen LogP contribution in [-0.4, -0.2) is 25.1 Å². The number of thiophene rings is 1. The molecule has 1 heterocycles. The van der Waals surface area contributed by atoms with Crippen molar-refractivity contribution in [2.75, 3.05) is 6.54 Å². The van der Waals surface area contributed by atoms with Crippen molar-refractivity contribution in [1.82, 2.24) is 10.7 Å². The minimum atomic E-state index is -0.363. The molecule has 6 heteroatoms. The molecule has 0 aliphatic heterocycles. The highest BCUT2D eigenvalue weighted by molar-refractivity contribution is 7.17. The van der Waals surface area contributed by atoms with Crippen molar-refractivity contribution in [3.8, 4) is 0 Å². The van der Waals surface area contributed by atoms with Gasteiger partial charge >= 0.3 is 0 Å². The van der Waals surface area contributed by atoms with Crippen LogP contribution in [0.2, 0.25) is 0 Å². The molecule has 0 radical (unpaired) electrons. The number of hydrogen-bond donors (Lipinski definition) is 2. The maximum Gasteiger partial charge on any atom is 0.259 e. The number of amides is 2. The second kappa shape index (κ2) is 5.92. The van der Waals surface area contributed by atoms with Crippen molar-refractivity contribution < 1.29 is 9.59 Å². The van der Waals surface area contributed by atoms with E-state index in [0.717, 1.165) is 10.9 Å². The third kappa shape index (κ3) is 2.92. The van der Waals surface area contributed by atoms with Crippen molar-refractivity contribution in [3.63, 3.8) is 0 Å². The van der Waals surface area contributed by atoms with Gasteiger partial charge in [-0.1, -0.05) is 18.2 Å². The van der Waals surface area contributed by atoms with Gasteiger partial charge in [0.05, 0.1) is 12.8 Å². The summed E-state index contributed by atoms with van der Waals surface area (Å²) in [6.07, 6.45) is 2.06. The second-order valence-corrected chi connectivity index (χ2v) is 4.39. The first-order valence-corrected chi connectivity index (χ1v) is 6.14. The lowest BCUT2D eigenvalue weighted by atomic mass is 10.2. The van der Waals surface area contributed by atoms with Gasteiger partial charge in [0.25, 0.3) is 5.91 Å². The van der Waals surface area contributed by atoms with Gasteiger partial charge in [0, 0.05) is 21.0 Å². The molecule has 0 fully saturated rings. The molecule has 0 aliphatic carbocycles. The molecule has 0 saturated carbocycles. The zero-order valence-corrected chi connectivity index (χ0v) is 10.2. The van der Waals surface area contributed by atoms with Gasteiger partial charge in [0.1, 0.15) is 0 Å². The standard InChI is InChI=1S/C12H11N3O2S/c16-8-13-6-12(17)15-14-5-9-7-18-11-4-2-1-3-10(9)11/h1-5,7-8H,6H2,(H,13,16)(H,15,17)/b14-5+. The molecule has 2 N–H and O–H groups in total. The number of nitrogens with one attached hydrogen (secondary N) is 2. The molecular weight excluding hydrogens is 250 g/mol. The zero-order chi connectivity index (χ0) is 12.8. The quantitative estimate of drug-likeness (QED) is 0.480. The highest BCUT2D eigenvalue weighted by Gasteiger charge is 2.00. The second-order valence-electron chi connectivity index (χ2n) is 3.48. The van der Waals surface area contributed by atoms with Crippen molar-refractivity contribution in [2.24, 2.45) is 5.10 Å². The zero-order valence-electron chi connectivity index (χ0n) is 9.42. The van der Waals surface area contributed by atoms with Crippen molar-refractivity contribution in [1.29, 1.82) is 0 Å². The number of benzene rings is 1. The van der Waals surface area contributed by atoms with Crippen molar-refractivity contribution in [2.45, 2.75) is 0 Å². The molecule has 0 unspecified atom stereocenters. The smallest absolute Gasteiger partial charge is 0.259 e. The fourth-order valence-electron chi connectivity index (χ4n) is 1.45. The topological polar surface area (TPSA) is 70.6 Å². The van der Waals surface area contributed by atoms with Gasteiger partial charge in [0.15, 0.2) is 0 Å². The monoisotopic (exact) mass is 261 g/mol. The summed E-state index contributed by atoms with van der Waals surface area (Å²) in [7, 11) is 0. The van der Waals surface area contributed by atoms with E-state index in [1.54, 1.807) is 17.6 Å². The van der Waals surface area contributed by atoms with Gasteiger partial charge in [0.2, 0.25) is 6.41 Å². The van der Waals surface area contributed by atoms with Gasteiger partial charge in [-0.3, -0.25) is 9.59 Å². The molecule has 0 atom stereocenters. The van der Waals surface area contributed by atoms with Gasteiger partial charge in [-0.05, 0) is 6.07 Å². The number of hydrogen-bond acceptors (Lipinski definition) is 4. The normalized spacial score (nSPS) is 10.7. The van der Waals surface area contributed by atoms with E-state index in [1.165, 1.54) is 4.70 Å². The fourth-order valence-corrected chi connectivity index (χ4v) is 2.36. The highest BCUT2D eigenvalue weighted by Crippen LogP contribution is 2.23. The van der Waals surface area contributed by atoms with Crippen LogP contribution in [0.5, 0.6) is 0 Å². The number of nitrogens with zero attached hydrogens (tertiary/aromatic N) is 1. The van der Waals surface area contributed by atoms with E-state index in [0.29, 0.717) is 6.41 Å². The lowest BCUT2D eigenvalue weighted by Crippen LogP contribution is -2.30. The van der Waals surface area contributed by atoms with Crippen LogP contribution in [0.25, 0.3) is 10.1 Å². The van der Waals surface area contributed by atoms with Crippen LogP contribution in [-0.2, 0) is 9.59 Å². The predicted octanol–water partition coefficient (Wildman–Crippen LogP) is 1.10. The Hall–Kier alpha value is -2.21. The fraction of sp³-hybridized carbons (Fsp3) is 0.0833. The molecule has 1 aromatic carbocycles. The van der Waals surface area contributed by atoms with Crippen LogP contribution in [0.15, 0.2) is 34.7 Å². The van der Waals surface area contributed by atoms with Gasteiger partial charge < -0.3 is 5.32 Å². The van der Waals surface area contributed by atoms with E-state index in [9.17, 15) is 9.59 Å². The third-order valence-corrected chi connectivity index (χ3v) is 3.23. The molecule has 18 heavy (non-hydrogen) atoms. The van der Waals surface area contributed by atoms with Crippen LogP contribution in [0.1, 0.15) is 5.56 Å².